The van der Waals surface area contributed by atoms with Crippen LogP contribution in [0, 0.1) is 0 Å². The topological polar surface area (TPSA) is 112 Å². The van der Waals surface area contributed by atoms with Crippen molar-refractivity contribution in [1.29, 1.82) is 0 Å². The van der Waals surface area contributed by atoms with E-state index in [4.69, 9.17) is 0 Å². The van der Waals surface area contributed by atoms with Gasteiger partial charge in [0.2, 0.25) is 15.9 Å². The van der Waals surface area contributed by atoms with Gasteiger partial charge in [0.15, 0.2) is 5.16 Å². The lowest BCUT2D eigenvalue weighted by Gasteiger charge is -2.25. The molecular weight excluding hydrogens is 492 g/mol. The predicted octanol–water partition coefficient (Wildman–Crippen LogP) is 3.77. The molecule has 3 aromatic rings. The zero-order chi connectivity index (χ0) is 23.7. The molecule has 1 aliphatic heterocycles. The fourth-order valence-electron chi connectivity index (χ4n) is 4.51. The molecule has 8 nitrogen and oxygen atoms in total. The number of carbonyl (C=O) groups is 1. The molecule has 0 bridgehead atoms. The van der Waals surface area contributed by atoms with E-state index < -0.39 is 10.0 Å². The highest BCUT2D eigenvalue weighted by Gasteiger charge is 2.26. The summed E-state index contributed by atoms with van der Waals surface area (Å²) >= 11 is 2.76. The van der Waals surface area contributed by atoms with Crippen LogP contribution in [-0.4, -0.2) is 47.4 Å². The number of aryl methyl sites for hydroxylation is 2. The molecule has 3 heterocycles. The highest BCUT2D eigenvalue weighted by molar-refractivity contribution is 7.99. The number of amides is 1. The van der Waals surface area contributed by atoms with Gasteiger partial charge in [0, 0.05) is 23.7 Å². The summed E-state index contributed by atoms with van der Waals surface area (Å²) in [6, 6.07) is 6.25. The first-order valence-corrected chi connectivity index (χ1v) is 14.7. The minimum absolute atomic E-state index is 0.0768. The Morgan fingerprint density at radius 2 is 1.82 bits per heavy atom. The van der Waals surface area contributed by atoms with Crippen LogP contribution in [0.15, 0.2) is 39.1 Å². The van der Waals surface area contributed by atoms with Crippen LogP contribution < -0.4 is 10.9 Å². The molecular formula is C23H26N4O4S3. The number of aromatic amines is 1. The van der Waals surface area contributed by atoms with E-state index in [2.05, 4.69) is 15.3 Å². The van der Waals surface area contributed by atoms with Gasteiger partial charge in [0.1, 0.15) is 4.83 Å². The molecule has 1 aliphatic carbocycles. The largest absolute Gasteiger partial charge is 0.325 e. The second-order valence-corrected chi connectivity index (χ2v) is 12.6. The Balaban J connectivity index is 1.22. The number of carbonyl (C=O) groups excluding carboxylic acids is 1. The van der Waals surface area contributed by atoms with Crippen molar-refractivity contribution in [1.82, 2.24) is 14.3 Å². The van der Waals surface area contributed by atoms with E-state index in [0.717, 1.165) is 55.3 Å². The summed E-state index contributed by atoms with van der Waals surface area (Å²) in [5, 5.41) is 3.90. The third kappa shape index (κ3) is 4.79. The molecule has 0 atom stereocenters. The van der Waals surface area contributed by atoms with Gasteiger partial charge in [0.05, 0.1) is 16.0 Å². The molecule has 0 unspecified atom stereocenters. The van der Waals surface area contributed by atoms with Crippen LogP contribution in [0.5, 0.6) is 0 Å². The van der Waals surface area contributed by atoms with Crippen LogP contribution in [0.3, 0.4) is 0 Å². The molecule has 0 saturated carbocycles. The van der Waals surface area contributed by atoms with Crippen LogP contribution in [0.1, 0.15) is 42.5 Å². The maximum Gasteiger partial charge on any atom is 0.260 e. The molecule has 1 fully saturated rings. The number of aromatic nitrogens is 2. The average molecular weight is 519 g/mol. The number of fused-ring (bicyclic) bond motifs is 3. The average Bonchev–Trinajstić information content (AvgIpc) is 3.23. The number of H-pyrrole nitrogens is 1. The lowest BCUT2D eigenvalue weighted by atomic mass is 9.97. The first kappa shape index (κ1) is 23.5. The number of sulfonamides is 1. The summed E-state index contributed by atoms with van der Waals surface area (Å²) in [7, 11) is -3.50. The Bertz CT molecular complexity index is 1370. The van der Waals surface area contributed by atoms with E-state index in [1.165, 1.54) is 33.1 Å². The Morgan fingerprint density at radius 1 is 1.09 bits per heavy atom. The Kier molecular flexibility index (Phi) is 6.79. The van der Waals surface area contributed by atoms with Gasteiger partial charge in [-0.25, -0.2) is 13.4 Å². The fourth-order valence-corrected chi connectivity index (χ4v) is 8.01. The number of rotatable bonds is 6. The van der Waals surface area contributed by atoms with Crippen molar-refractivity contribution in [2.75, 3.05) is 24.2 Å². The van der Waals surface area contributed by atoms with Crippen LogP contribution in [0.4, 0.5) is 5.69 Å². The van der Waals surface area contributed by atoms with Crippen LogP contribution in [-0.2, 0) is 27.7 Å². The van der Waals surface area contributed by atoms with Crippen molar-refractivity contribution in [3.05, 3.63) is 45.1 Å². The lowest BCUT2D eigenvalue weighted by molar-refractivity contribution is -0.113. The number of benzene rings is 1. The first-order valence-electron chi connectivity index (χ1n) is 11.5. The minimum atomic E-state index is -3.50. The van der Waals surface area contributed by atoms with Gasteiger partial charge in [-0.05, 0) is 68.4 Å². The number of nitrogens with one attached hydrogen (secondary N) is 2. The Labute approximate surface area is 206 Å². The van der Waals surface area contributed by atoms with Crippen molar-refractivity contribution < 1.29 is 13.2 Å². The Hall–Kier alpha value is -2.21. The minimum Gasteiger partial charge on any atom is -0.325 e. The summed E-state index contributed by atoms with van der Waals surface area (Å²) in [5.41, 5.74) is 1.52. The van der Waals surface area contributed by atoms with E-state index in [1.54, 1.807) is 23.5 Å². The molecule has 1 saturated heterocycles. The number of nitrogens with zero attached hydrogens (tertiary/aromatic N) is 2. The van der Waals surface area contributed by atoms with E-state index in [0.29, 0.717) is 29.3 Å². The summed E-state index contributed by atoms with van der Waals surface area (Å²) in [4.78, 5) is 34.7. The predicted molar refractivity (Wildman–Crippen MR) is 135 cm³/mol. The standard InChI is InChI=1S/C23H26N4O4S3/c28-19(24-15-8-10-16(11-9-15)34(30,31)27-12-4-1-5-13-27)14-32-23-25-21(29)20-17-6-2-3-7-18(17)33-22(20)26-23/h8-11H,1-7,12-14H2,(H,24,28)(H,25,26,29). The van der Waals surface area contributed by atoms with Crippen LogP contribution >= 0.6 is 23.1 Å². The number of thiophene rings is 1. The van der Waals surface area contributed by atoms with Gasteiger partial charge in [-0.3, -0.25) is 9.59 Å². The number of hydrogen-bond acceptors (Lipinski definition) is 7. The second kappa shape index (κ2) is 9.80. The molecule has 5 rings (SSSR count). The highest BCUT2D eigenvalue weighted by Crippen LogP contribution is 2.34. The molecule has 2 aliphatic rings. The van der Waals surface area contributed by atoms with Crippen LogP contribution in [0.25, 0.3) is 10.2 Å². The van der Waals surface area contributed by atoms with Gasteiger partial charge in [-0.2, -0.15) is 4.31 Å². The molecule has 2 N–H and O–H groups in total. The molecule has 1 aromatic carbocycles. The Morgan fingerprint density at radius 3 is 2.59 bits per heavy atom. The van der Waals surface area contributed by atoms with Crippen molar-refractivity contribution in [3.8, 4) is 0 Å². The molecule has 180 valence electrons. The quantitative estimate of drug-likeness (QED) is 0.380. The van der Waals surface area contributed by atoms with Crippen LogP contribution in [0.2, 0.25) is 0 Å². The van der Waals surface area contributed by atoms with E-state index >= 15 is 0 Å². The van der Waals surface area contributed by atoms with Crippen molar-refractivity contribution in [2.24, 2.45) is 0 Å². The molecule has 0 radical (unpaired) electrons. The molecule has 0 spiro atoms. The fraction of sp³-hybridized carbons (Fsp3) is 0.435. The zero-order valence-electron chi connectivity index (χ0n) is 18.6. The molecule has 11 heteroatoms. The summed E-state index contributed by atoms with van der Waals surface area (Å²) in [6.45, 7) is 1.10. The van der Waals surface area contributed by atoms with Gasteiger partial charge < -0.3 is 10.3 Å². The highest BCUT2D eigenvalue weighted by atomic mass is 32.2. The van der Waals surface area contributed by atoms with Crippen molar-refractivity contribution in [3.63, 3.8) is 0 Å². The van der Waals surface area contributed by atoms with Crippen molar-refractivity contribution in [2.45, 2.75) is 55.0 Å². The lowest BCUT2D eigenvalue weighted by Crippen LogP contribution is -2.35. The second-order valence-electron chi connectivity index (χ2n) is 8.59. The zero-order valence-corrected chi connectivity index (χ0v) is 21.1. The summed E-state index contributed by atoms with van der Waals surface area (Å²) in [5.74, 6) is -0.183. The van der Waals surface area contributed by atoms with Gasteiger partial charge >= 0.3 is 0 Å². The third-order valence-corrected chi connectivity index (χ3v) is 10.2. The number of thioether (sulfide) groups is 1. The molecule has 34 heavy (non-hydrogen) atoms. The maximum absolute atomic E-state index is 12.8. The van der Waals surface area contributed by atoms with Gasteiger partial charge in [0.25, 0.3) is 5.56 Å². The monoisotopic (exact) mass is 518 g/mol. The SMILES string of the molecule is O=C(CSc1nc2sc3c(c2c(=O)[nH]1)CCCC3)Nc1ccc(S(=O)(=O)N2CCCCC2)cc1. The number of piperidine rings is 1. The smallest absolute Gasteiger partial charge is 0.260 e. The normalized spacial score (nSPS) is 16.9. The maximum atomic E-state index is 12.8. The third-order valence-electron chi connectivity index (χ3n) is 6.23. The first-order chi connectivity index (χ1) is 16.4. The number of hydrogen-bond donors (Lipinski definition) is 2. The van der Waals surface area contributed by atoms with E-state index in [1.807, 2.05) is 0 Å². The summed E-state index contributed by atoms with van der Waals surface area (Å²) in [6.07, 6.45) is 6.98. The van der Waals surface area contributed by atoms with Gasteiger partial charge in [-0.15, -0.1) is 11.3 Å². The van der Waals surface area contributed by atoms with E-state index in [-0.39, 0.29) is 22.1 Å². The molecule has 1 amide bonds. The van der Waals surface area contributed by atoms with E-state index in [9.17, 15) is 18.0 Å². The van der Waals surface area contributed by atoms with Gasteiger partial charge in [-0.1, -0.05) is 18.2 Å². The summed E-state index contributed by atoms with van der Waals surface area (Å²) < 4.78 is 27.1. The molecule has 2 aromatic heterocycles. The number of anilines is 1. The van der Waals surface area contributed by atoms with Crippen molar-refractivity contribution >= 4 is 54.9 Å².